The Balaban J connectivity index is 0.000000268. The van der Waals surface area contributed by atoms with Gasteiger partial charge in [-0.1, -0.05) is 48.7 Å². The van der Waals surface area contributed by atoms with Gasteiger partial charge in [0.1, 0.15) is 58.4 Å². The van der Waals surface area contributed by atoms with E-state index >= 15 is 35.1 Å². The number of halogens is 20. The van der Waals surface area contributed by atoms with Crippen molar-refractivity contribution in [2.45, 2.75) is 48.3 Å². The fourth-order valence-corrected chi connectivity index (χ4v) is 9.68. The first-order chi connectivity index (χ1) is 33.4. The second-order valence-corrected chi connectivity index (χ2v) is 17.4. The minimum atomic E-state index is -7.22. The zero-order valence-electron chi connectivity index (χ0n) is 36.0. The lowest BCUT2D eigenvalue weighted by Gasteiger charge is -2.44. The van der Waals surface area contributed by atoms with Crippen LogP contribution in [0.25, 0.3) is 0 Å². The maximum atomic E-state index is 15.4. The summed E-state index contributed by atoms with van der Waals surface area (Å²) in [5.74, 6) is -70.4. The topological polar surface area (TPSA) is 9.23 Å². The Bertz CT molecular complexity index is 2740. The molecule has 0 radical (unpaired) electrons. The number of unbranched alkanes of at least 4 members (excludes halogenated alkanes) is 1. The summed E-state index contributed by atoms with van der Waals surface area (Å²) in [6, 6.07) is 26.5. The first-order valence-corrected chi connectivity index (χ1v) is 21.4. The third-order valence-electron chi connectivity index (χ3n) is 11.0. The van der Waals surface area contributed by atoms with E-state index in [2.05, 4.69) is 93.6 Å². The molecule has 0 aliphatic heterocycles. The number of benzene rings is 7. The van der Waals surface area contributed by atoms with E-state index in [1.165, 1.54) is 25.8 Å². The molecule has 7 rings (SSSR count). The predicted molar refractivity (Wildman–Crippen MR) is 221 cm³/mol. The molecule has 0 N–H and O–H groups in total. The zero-order valence-corrected chi connectivity index (χ0v) is 36.8. The van der Waals surface area contributed by atoms with E-state index in [1.54, 1.807) is 0 Å². The fraction of sp³-hybridized carbons (Fsp3) is 0.125. The molecule has 71 heavy (non-hydrogen) atoms. The van der Waals surface area contributed by atoms with Crippen LogP contribution in [0.1, 0.15) is 30.9 Å². The SMILES string of the molecule is CCCCOc1ccc([S+](c2ccc(C)cc2)c2ccc(C)cc2)cc1.Fc1c(F)c(F)c([B-](c2c(F)c(F)c(F)c(F)c2F)(c2c(F)c(F)c(F)c(F)c2F)c2c(F)c(F)c(F)c(F)c2F)c(F)c1F. The van der Waals surface area contributed by atoms with E-state index < -0.39 is 144 Å². The minimum Gasteiger partial charge on any atom is -0.494 e. The lowest BCUT2D eigenvalue weighted by Crippen LogP contribution is -2.81. The molecule has 0 atom stereocenters. The van der Waals surface area contributed by atoms with Crippen LogP contribution in [-0.4, -0.2) is 12.8 Å². The largest absolute Gasteiger partial charge is 0.494 e. The molecule has 0 unspecified atom stereocenters. The molecule has 23 heteroatoms. The van der Waals surface area contributed by atoms with Gasteiger partial charge in [-0.05, 0) is 68.8 Å². The predicted octanol–water partition coefficient (Wildman–Crippen LogP) is 12.4. The van der Waals surface area contributed by atoms with Crippen LogP contribution in [0.2, 0.25) is 0 Å². The smallest absolute Gasteiger partial charge is 0.200 e. The molecule has 0 spiro atoms. The van der Waals surface area contributed by atoms with Crippen molar-refractivity contribution in [1.82, 2.24) is 0 Å². The van der Waals surface area contributed by atoms with Crippen molar-refractivity contribution >= 4 is 38.9 Å². The van der Waals surface area contributed by atoms with Crippen molar-refractivity contribution in [1.29, 1.82) is 0 Å². The van der Waals surface area contributed by atoms with Gasteiger partial charge in [-0.25, -0.2) is 87.8 Å². The van der Waals surface area contributed by atoms with Gasteiger partial charge in [0.2, 0.25) is 0 Å². The summed E-state index contributed by atoms with van der Waals surface area (Å²) in [7, 11) is -0.102. The molecule has 1 nitrogen and oxygen atoms in total. The summed E-state index contributed by atoms with van der Waals surface area (Å²) in [5.41, 5.74) is -11.7. The van der Waals surface area contributed by atoms with Crippen molar-refractivity contribution in [2.24, 2.45) is 0 Å². The van der Waals surface area contributed by atoms with Crippen molar-refractivity contribution in [2.75, 3.05) is 6.61 Å². The van der Waals surface area contributed by atoms with E-state index in [0.717, 1.165) is 25.2 Å². The highest BCUT2D eigenvalue weighted by Crippen LogP contribution is 2.34. The van der Waals surface area contributed by atoms with Gasteiger partial charge >= 0.3 is 0 Å². The molecule has 0 fully saturated rings. The molecular formula is C48H27BF20OS. The van der Waals surface area contributed by atoms with E-state index in [4.69, 9.17) is 4.74 Å². The first kappa shape index (κ1) is 53.7. The highest BCUT2D eigenvalue weighted by Gasteiger charge is 2.52. The summed E-state index contributed by atoms with van der Waals surface area (Å²) in [5, 5.41) is 0. The molecule has 7 aromatic rings. The van der Waals surface area contributed by atoms with Gasteiger partial charge in [-0.2, -0.15) is 0 Å². The molecule has 0 saturated carbocycles. The number of hydrogen-bond acceptors (Lipinski definition) is 1. The molecule has 0 aromatic heterocycles. The Morgan fingerprint density at radius 2 is 0.535 bits per heavy atom. The van der Waals surface area contributed by atoms with Gasteiger partial charge in [0.25, 0.3) is 0 Å². The van der Waals surface area contributed by atoms with Crippen LogP contribution in [0.3, 0.4) is 0 Å². The number of rotatable bonds is 11. The monoisotopic (exact) mass is 1040 g/mol. The first-order valence-electron chi connectivity index (χ1n) is 20.2. The molecular weight excluding hydrogens is 1020 g/mol. The third kappa shape index (κ3) is 9.28. The van der Waals surface area contributed by atoms with Crippen LogP contribution in [0.15, 0.2) is 87.5 Å². The fourth-order valence-electron chi connectivity index (χ4n) is 7.64. The van der Waals surface area contributed by atoms with Crippen LogP contribution in [0.5, 0.6) is 5.75 Å². The highest BCUT2D eigenvalue weighted by molar-refractivity contribution is 7.97. The van der Waals surface area contributed by atoms with Crippen molar-refractivity contribution < 1.29 is 92.5 Å². The van der Waals surface area contributed by atoms with Gasteiger partial charge in [0, 0.05) is 0 Å². The normalized spacial score (nSPS) is 11.6. The Morgan fingerprint density at radius 1 is 0.324 bits per heavy atom. The lowest BCUT2D eigenvalue weighted by atomic mass is 9.12. The van der Waals surface area contributed by atoms with Gasteiger partial charge in [0.15, 0.2) is 84.5 Å². The zero-order chi connectivity index (χ0) is 52.7. The average molecular weight is 1040 g/mol. The van der Waals surface area contributed by atoms with Gasteiger partial charge < -0.3 is 4.74 Å². The minimum absolute atomic E-state index is 0.102. The summed E-state index contributed by atoms with van der Waals surface area (Å²) in [6.07, 6.45) is -4.97. The van der Waals surface area contributed by atoms with Crippen LogP contribution < -0.4 is 26.6 Å². The highest BCUT2D eigenvalue weighted by atomic mass is 32.2. The van der Waals surface area contributed by atoms with E-state index in [1.807, 2.05) is 0 Å². The molecule has 0 aliphatic carbocycles. The van der Waals surface area contributed by atoms with E-state index in [0.29, 0.717) is 0 Å². The number of ether oxygens (including phenoxy) is 1. The van der Waals surface area contributed by atoms with Crippen molar-refractivity contribution in [3.63, 3.8) is 0 Å². The second kappa shape index (κ2) is 21.0. The number of hydrogen-bond donors (Lipinski definition) is 0. The Morgan fingerprint density at radius 3 is 0.761 bits per heavy atom. The standard InChI is InChI=1S/C24BF20.C24H27OS/c26-5-1(6(27)14(35)21(42)13(5)34)25(2-7(28)15(36)22(43)16(37)8(2)29,3-9(30)17(38)23(44)18(39)10(3)31)4-11(32)19(40)24(45)20(41)12(4)33;1-4-5-18-25-21-10-16-24(17-11-21)26(22-12-6-19(2)7-13-22)23-14-8-20(3)9-15-23/h;6-17H,4-5,18H2,1-3H3/q-1;+1. The van der Waals surface area contributed by atoms with Crippen LogP contribution in [0.4, 0.5) is 87.8 Å². The summed E-state index contributed by atoms with van der Waals surface area (Å²) in [4.78, 5) is 4.01. The van der Waals surface area contributed by atoms with E-state index in [-0.39, 0.29) is 10.9 Å². The van der Waals surface area contributed by atoms with Crippen molar-refractivity contribution in [3.8, 4) is 5.75 Å². The molecule has 374 valence electrons. The lowest BCUT2D eigenvalue weighted by molar-refractivity contribution is 0.309. The van der Waals surface area contributed by atoms with E-state index in [9.17, 15) is 52.7 Å². The van der Waals surface area contributed by atoms with Crippen LogP contribution in [0, 0.1) is 130 Å². The quantitative estimate of drug-likeness (QED) is 0.0313. The maximum absolute atomic E-state index is 15.4. The van der Waals surface area contributed by atoms with Gasteiger partial charge in [0.05, 0.1) is 17.5 Å². The molecule has 0 bridgehead atoms. The summed E-state index contributed by atoms with van der Waals surface area (Å²) >= 11 is 0. The molecule has 0 heterocycles. The van der Waals surface area contributed by atoms with Crippen molar-refractivity contribution in [3.05, 3.63) is 200 Å². The average Bonchev–Trinajstić information content (AvgIpc) is 3.35. The Labute approximate surface area is 391 Å². The maximum Gasteiger partial charge on any atom is 0.200 e. The Hall–Kier alpha value is -6.65. The number of aryl methyl sites for hydroxylation is 2. The Kier molecular flexibility index (Phi) is 15.9. The summed E-state index contributed by atoms with van der Waals surface area (Å²) < 4.78 is 300. The summed E-state index contributed by atoms with van der Waals surface area (Å²) in [6.45, 7) is 7.24. The van der Waals surface area contributed by atoms with Crippen LogP contribution in [-0.2, 0) is 10.9 Å². The van der Waals surface area contributed by atoms with Gasteiger partial charge in [-0.15, -0.1) is 21.9 Å². The van der Waals surface area contributed by atoms with Crippen LogP contribution >= 0.6 is 0 Å². The molecule has 0 saturated heterocycles. The second-order valence-electron chi connectivity index (χ2n) is 15.4. The molecule has 0 aliphatic rings. The van der Waals surface area contributed by atoms with Gasteiger partial charge in [-0.3, -0.25) is 0 Å². The molecule has 0 amide bonds. The third-order valence-corrected chi connectivity index (χ3v) is 13.3. The molecule has 7 aromatic carbocycles.